The van der Waals surface area contributed by atoms with E-state index in [1.165, 1.54) is 47.2 Å². The van der Waals surface area contributed by atoms with Gasteiger partial charge < -0.3 is 4.74 Å². The Bertz CT molecular complexity index is 2430. The summed E-state index contributed by atoms with van der Waals surface area (Å²) in [6, 6.07) is 53.5. The summed E-state index contributed by atoms with van der Waals surface area (Å²) in [5.41, 5.74) is 7.62. The molecule has 0 saturated heterocycles. The summed E-state index contributed by atoms with van der Waals surface area (Å²) in [5, 5.41) is 2.26. The van der Waals surface area contributed by atoms with Crippen molar-refractivity contribution in [3.8, 4) is 16.9 Å². The molecule has 7 aromatic carbocycles. The van der Waals surface area contributed by atoms with E-state index in [-0.39, 0.29) is 5.41 Å². The van der Waals surface area contributed by atoms with Crippen molar-refractivity contribution in [1.82, 2.24) is 0 Å². The van der Waals surface area contributed by atoms with Gasteiger partial charge in [-0.1, -0.05) is 147 Å². The Morgan fingerprint density at radius 3 is 1.69 bits per heavy atom. The fourth-order valence-electron chi connectivity index (χ4n) is 7.76. The van der Waals surface area contributed by atoms with Gasteiger partial charge >= 0.3 is 0 Å². The number of nitrogens with zero attached hydrogens (tertiary/aromatic N) is 1. The van der Waals surface area contributed by atoms with Crippen LogP contribution in [-0.4, -0.2) is 0 Å². The summed E-state index contributed by atoms with van der Waals surface area (Å²) >= 11 is 3.52. The van der Waals surface area contributed by atoms with Crippen LogP contribution in [0.2, 0.25) is 0 Å². The molecule has 1 aliphatic heterocycles. The Morgan fingerprint density at radius 1 is 0.588 bits per heavy atom. The molecule has 0 bridgehead atoms. The van der Waals surface area contributed by atoms with E-state index in [0.717, 1.165) is 27.8 Å². The van der Waals surface area contributed by atoms with Crippen LogP contribution >= 0.6 is 23.5 Å². The first kappa shape index (κ1) is 31.5. The van der Waals surface area contributed by atoms with Gasteiger partial charge in [0.15, 0.2) is 11.3 Å². The lowest BCUT2D eigenvalue weighted by Gasteiger charge is -2.38. The molecule has 1 heterocycles. The highest BCUT2D eigenvalue weighted by molar-refractivity contribution is 7.99. The smallest absolute Gasteiger partial charge is 0.187 e. The molecule has 0 amide bonds. The van der Waals surface area contributed by atoms with Crippen LogP contribution in [0.3, 0.4) is 0 Å². The number of benzene rings is 7. The molecule has 0 saturated carbocycles. The van der Waals surface area contributed by atoms with Crippen molar-refractivity contribution in [2.45, 2.75) is 44.4 Å². The summed E-state index contributed by atoms with van der Waals surface area (Å²) in [6.07, 6.45) is 4.56. The van der Waals surface area contributed by atoms with Crippen LogP contribution in [-0.2, 0) is 11.0 Å². The van der Waals surface area contributed by atoms with Gasteiger partial charge in [-0.2, -0.15) is 0 Å². The van der Waals surface area contributed by atoms with Crippen LogP contribution in [0, 0.1) is 6.57 Å². The third-order valence-corrected chi connectivity index (χ3v) is 12.2. The molecular formula is C47H33NOS2. The maximum atomic E-state index is 7.72. The van der Waals surface area contributed by atoms with E-state index in [4.69, 9.17) is 11.3 Å². The molecule has 0 atom stereocenters. The highest BCUT2D eigenvalue weighted by atomic mass is 32.2. The van der Waals surface area contributed by atoms with Gasteiger partial charge in [0, 0.05) is 47.1 Å². The Morgan fingerprint density at radius 2 is 1.12 bits per heavy atom. The minimum atomic E-state index is -0.858. The Kier molecular flexibility index (Phi) is 7.65. The van der Waals surface area contributed by atoms with E-state index < -0.39 is 5.60 Å². The molecule has 7 aromatic rings. The minimum absolute atomic E-state index is 0.320. The zero-order chi connectivity index (χ0) is 34.6. The molecule has 0 unspecified atom stereocenters. The van der Waals surface area contributed by atoms with Crippen LogP contribution in [0.5, 0.6) is 5.75 Å². The first-order chi connectivity index (χ1) is 24.9. The van der Waals surface area contributed by atoms with Crippen molar-refractivity contribution in [3.63, 3.8) is 0 Å². The number of hydrogen-bond donors (Lipinski definition) is 0. The first-order valence-corrected chi connectivity index (χ1v) is 18.7. The molecule has 4 heteroatoms. The fraction of sp³-hybridized carbons (Fsp3) is 0.0851. The average molecular weight is 692 g/mol. The molecule has 0 radical (unpaired) electrons. The van der Waals surface area contributed by atoms with Gasteiger partial charge in [-0.15, -0.1) is 0 Å². The van der Waals surface area contributed by atoms with Gasteiger partial charge in [-0.3, -0.25) is 0 Å². The van der Waals surface area contributed by atoms with Crippen molar-refractivity contribution >= 4 is 46.1 Å². The molecule has 1 aliphatic carbocycles. The predicted molar refractivity (Wildman–Crippen MR) is 212 cm³/mol. The molecular weight excluding hydrogens is 659 g/mol. The third-order valence-electron chi connectivity index (χ3n) is 10.2. The third kappa shape index (κ3) is 5.28. The minimum Gasteiger partial charge on any atom is -0.472 e. The van der Waals surface area contributed by atoms with Crippen LogP contribution < -0.4 is 4.74 Å². The van der Waals surface area contributed by atoms with Gasteiger partial charge in [0.25, 0.3) is 0 Å². The topological polar surface area (TPSA) is 13.6 Å². The van der Waals surface area contributed by atoms with E-state index in [0.29, 0.717) is 5.69 Å². The van der Waals surface area contributed by atoms with Gasteiger partial charge in [-0.05, 0) is 82.2 Å². The molecule has 2 nitrogen and oxygen atoms in total. The lowest BCUT2D eigenvalue weighted by atomic mass is 9.77. The van der Waals surface area contributed by atoms with E-state index in [1.807, 2.05) is 6.07 Å². The van der Waals surface area contributed by atoms with Gasteiger partial charge in [0.2, 0.25) is 0 Å². The maximum absolute atomic E-state index is 7.72. The van der Waals surface area contributed by atoms with E-state index in [9.17, 15) is 0 Å². The molecule has 0 aromatic heterocycles. The van der Waals surface area contributed by atoms with E-state index >= 15 is 0 Å². The second-order valence-corrected chi connectivity index (χ2v) is 15.8. The molecule has 2 aliphatic rings. The summed E-state index contributed by atoms with van der Waals surface area (Å²) in [7, 11) is 0. The van der Waals surface area contributed by atoms with E-state index in [2.05, 4.69) is 176 Å². The number of ether oxygens (including phenoxy) is 1. The molecule has 0 fully saturated rings. The highest BCUT2D eigenvalue weighted by Crippen LogP contribution is 2.58. The number of hydrogen-bond acceptors (Lipinski definition) is 3. The molecule has 0 spiro atoms. The van der Waals surface area contributed by atoms with Crippen LogP contribution in [0.15, 0.2) is 177 Å². The van der Waals surface area contributed by atoms with Crippen LogP contribution in [0.1, 0.15) is 41.7 Å². The lowest BCUT2D eigenvalue weighted by molar-refractivity contribution is 0.163. The van der Waals surface area contributed by atoms with Crippen molar-refractivity contribution in [2.75, 3.05) is 0 Å². The second-order valence-electron chi connectivity index (χ2n) is 13.6. The average Bonchev–Trinajstić information content (AvgIpc) is 3.42. The maximum Gasteiger partial charge on any atom is 0.187 e. The standard InChI is InChI=1S/C47H33NOS2/c1-46(2)42-30-33(48-3)22-27-40(42)43-38-16-10-11-17-39(38)45-41(44(43)46)28-29-47(49-45,31-18-23-36(24-19-31)50-34-12-6-4-7-13-34)32-20-25-37(26-21-32)51-35-14-8-5-9-15-35/h4-30H,1-2H3. The molecule has 9 rings (SSSR count). The van der Waals surface area contributed by atoms with Gasteiger partial charge in [0.05, 0.1) is 6.57 Å². The van der Waals surface area contributed by atoms with Crippen LogP contribution in [0.25, 0.3) is 32.8 Å². The Hall–Kier alpha value is -5.47. The molecule has 244 valence electrons. The number of fused-ring (bicyclic) bond motifs is 8. The zero-order valence-electron chi connectivity index (χ0n) is 28.3. The SMILES string of the molecule is [C-]#[N+]c1ccc2c(c1)C(C)(C)c1c3c(c4ccccc4c1-2)OC(c1ccc(Sc2ccccc2)cc1)(c1ccc(Sc2ccccc2)cc1)C=C3. The highest BCUT2D eigenvalue weighted by Gasteiger charge is 2.44. The van der Waals surface area contributed by atoms with Crippen molar-refractivity contribution < 1.29 is 4.74 Å². The van der Waals surface area contributed by atoms with Gasteiger partial charge in [0.1, 0.15) is 5.75 Å². The van der Waals surface area contributed by atoms with Crippen molar-refractivity contribution in [1.29, 1.82) is 0 Å². The van der Waals surface area contributed by atoms with Crippen molar-refractivity contribution in [2.24, 2.45) is 0 Å². The largest absolute Gasteiger partial charge is 0.472 e. The van der Waals surface area contributed by atoms with E-state index in [1.54, 1.807) is 23.5 Å². The number of rotatable bonds is 6. The molecule has 51 heavy (non-hydrogen) atoms. The zero-order valence-corrected chi connectivity index (χ0v) is 29.9. The quantitative estimate of drug-likeness (QED) is 0.161. The first-order valence-electron chi connectivity index (χ1n) is 17.1. The monoisotopic (exact) mass is 691 g/mol. The molecule has 0 N–H and O–H groups in total. The Balaban J connectivity index is 1.21. The summed E-state index contributed by atoms with van der Waals surface area (Å²) in [5.74, 6) is 0.892. The van der Waals surface area contributed by atoms with Gasteiger partial charge in [-0.25, -0.2) is 4.85 Å². The summed E-state index contributed by atoms with van der Waals surface area (Å²) in [4.78, 5) is 8.55. The Labute approximate surface area is 307 Å². The normalized spacial score (nSPS) is 14.6. The van der Waals surface area contributed by atoms with Crippen LogP contribution in [0.4, 0.5) is 5.69 Å². The summed E-state index contributed by atoms with van der Waals surface area (Å²) in [6.45, 7) is 12.3. The second kappa shape index (κ2) is 12.4. The lowest BCUT2D eigenvalue weighted by Crippen LogP contribution is -2.35. The fourth-order valence-corrected chi connectivity index (χ4v) is 9.43. The predicted octanol–water partition coefficient (Wildman–Crippen LogP) is 13.3. The summed E-state index contributed by atoms with van der Waals surface area (Å²) < 4.78 is 7.53. The van der Waals surface area contributed by atoms with Crippen molar-refractivity contribution in [3.05, 3.63) is 197 Å².